The lowest BCUT2D eigenvalue weighted by atomic mass is 10.3. The van der Waals surface area contributed by atoms with Crippen LogP contribution in [-0.2, 0) is 0 Å². The molecule has 0 unspecified atom stereocenters. The number of anilines is 3. The van der Waals surface area contributed by atoms with E-state index in [2.05, 4.69) is 20.3 Å². The van der Waals surface area contributed by atoms with Gasteiger partial charge in [-0.05, 0) is 24.3 Å². The van der Waals surface area contributed by atoms with Crippen molar-refractivity contribution in [3.63, 3.8) is 0 Å². The third-order valence-corrected chi connectivity index (χ3v) is 2.88. The van der Waals surface area contributed by atoms with Gasteiger partial charge in [0.05, 0.1) is 11.9 Å². The summed E-state index contributed by atoms with van der Waals surface area (Å²) in [5.41, 5.74) is 5.88. The molecular weight excluding hydrogens is 304 g/mol. The maximum Gasteiger partial charge on any atom is 0.248 e. The first-order valence-electron chi connectivity index (χ1n) is 6.54. The monoisotopic (exact) mass is 315 g/mol. The minimum atomic E-state index is -0.640. The second-order valence-electron chi connectivity index (χ2n) is 4.48. The predicted octanol–water partition coefficient (Wildman–Crippen LogP) is 3.27. The number of ether oxygens (including phenoxy) is 1. The van der Waals surface area contributed by atoms with E-state index in [1.54, 1.807) is 18.3 Å². The van der Waals surface area contributed by atoms with Crippen LogP contribution in [0.3, 0.4) is 0 Å². The highest BCUT2D eigenvalue weighted by Crippen LogP contribution is 2.31. The summed E-state index contributed by atoms with van der Waals surface area (Å²) in [5.74, 6) is -0.621. The molecule has 0 fully saturated rings. The number of benzene rings is 1. The molecule has 3 N–H and O–H groups in total. The number of aromatic nitrogens is 3. The summed E-state index contributed by atoms with van der Waals surface area (Å²) in [5, 5.41) is 2.62. The summed E-state index contributed by atoms with van der Waals surface area (Å²) in [6.07, 6.45) is 4.28. The maximum absolute atomic E-state index is 13.7. The molecular formula is C15H11F2N5O. The van der Waals surface area contributed by atoms with Crippen LogP contribution < -0.4 is 15.8 Å². The van der Waals surface area contributed by atoms with E-state index in [1.165, 1.54) is 12.5 Å². The molecule has 2 heterocycles. The number of halogens is 2. The van der Waals surface area contributed by atoms with Crippen LogP contribution in [0.4, 0.5) is 26.0 Å². The van der Waals surface area contributed by atoms with Gasteiger partial charge < -0.3 is 15.8 Å². The zero-order chi connectivity index (χ0) is 16.2. The average Bonchev–Trinajstić information content (AvgIpc) is 2.55. The van der Waals surface area contributed by atoms with E-state index < -0.39 is 11.6 Å². The molecule has 0 bridgehead atoms. The number of nitrogens with zero attached hydrogens (tertiary/aromatic N) is 3. The Hall–Kier alpha value is -3.29. The highest BCUT2D eigenvalue weighted by molar-refractivity contribution is 5.72. The Morgan fingerprint density at radius 2 is 2.00 bits per heavy atom. The van der Waals surface area contributed by atoms with Crippen LogP contribution in [0, 0.1) is 11.6 Å². The molecule has 1 aromatic carbocycles. The summed E-state index contributed by atoms with van der Waals surface area (Å²) in [6.45, 7) is 0. The zero-order valence-corrected chi connectivity index (χ0v) is 11.7. The molecule has 0 saturated carbocycles. The van der Waals surface area contributed by atoms with Gasteiger partial charge >= 0.3 is 0 Å². The van der Waals surface area contributed by atoms with E-state index >= 15 is 0 Å². The molecule has 23 heavy (non-hydrogen) atoms. The molecule has 0 radical (unpaired) electrons. The van der Waals surface area contributed by atoms with Crippen molar-refractivity contribution in [3.05, 3.63) is 60.7 Å². The smallest absolute Gasteiger partial charge is 0.248 e. The standard InChI is InChI=1S/C15H11F2N5O/c16-9-3-4-11(17)12(6-9)22-14-13(18)15(21-8-20-14)23-10-2-1-5-19-7-10/h1-8H,18H2,(H,20,21,22). The number of hydrogen-bond donors (Lipinski definition) is 2. The summed E-state index contributed by atoms with van der Waals surface area (Å²) >= 11 is 0. The fourth-order valence-electron chi connectivity index (χ4n) is 1.80. The quantitative estimate of drug-likeness (QED) is 0.768. The Balaban J connectivity index is 1.89. The van der Waals surface area contributed by atoms with Crippen LogP contribution in [0.2, 0.25) is 0 Å². The molecule has 3 rings (SSSR count). The van der Waals surface area contributed by atoms with Gasteiger partial charge in [0.1, 0.15) is 29.4 Å². The number of hydrogen-bond acceptors (Lipinski definition) is 6. The van der Waals surface area contributed by atoms with E-state index in [-0.39, 0.29) is 23.1 Å². The second kappa shape index (κ2) is 6.22. The highest BCUT2D eigenvalue weighted by Gasteiger charge is 2.13. The van der Waals surface area contributed by atoms with E-state index in [1.807, 2.05) is 0 Å². The number of nitrogen functional groups attached to an aromatic ring is 1. The number of nitrogens with two attached hydrogens (primary N) is 1. The van der Waals surface area contributed by atoms with E-state index in [0.717, 1.165) is 18.2 Å². The topological polar surface area (TPSA) is 86.0 Å². The molecule has 3 aromatic rings. The van der Waals surface area contributed by atoms with Crippen molar-refractivity contribution in [2.75, 3.05) is 11.1 Å². The number of pyridine rings is 1. The molecule has 8 heteroatoms. The molecule has 6 nitrogen and oxygen atoms in total. The number of nitrogens with one attached hydrogen (secondary N) is 1. The predicted molar refractivity (Wildman–Crippen MR) is 80.4 cm³/mol. The van der Waals surface area contributed by atoms with Gasteiger partial charge in [-0.1, -0.05) is 0 Å². The molecule has 0 amide bonds. The van der Waals surface area contributed by atoms with Crippen molar-refractivity contribution in [2.45, 2.75) is 0 Å². The fourth-order valence-corrected chi connectivity index (χ4v) is 1.80. The molecule has 0 aliphatic rings. The molecule has 0 aliphatic carbocycles. The average molecular weight is 315 g/mol. The first-order chi connectivity index (χ1) is 11.1. The molecule has 0 aliphatic heterocycles. The van der Waals surface area contributed by atoms with Crippen molar-refractivity contribution in [2.24, 2.45) is 0 Å². The van der Waals surface area contributed by atoms with Crippen LogP contribution in [-0.4, -0.2) is 15.0 Å². The van der Waals surface area contributed by atoms with Gasteiger partial charge in [-0.25, -0.2) is 13.8 Å². The van der Waals surface area contributed by atoms with Gasteiger partial charge in [-0.15, -0.1) is 0 Å². The minimum absolute atomic E-state index is 0.0556. The minimum Gasteiger partial charge on any atom is -0.435 e. The Morgan fingerprint density at radius 3 is 2.78 bits per heavy atom. The van der Waals surface area contributed by atoms with Crippen LogP contribution >= 0.6 is 0 Å². The van der Waals surface area contributed by atoms with Crippen molar-refractivity contribution in [1.82, 2.24) is 15.0 Å². The fraction of sp³-hybridized carbons (Fsp3) is 0. The molecule has 0 atom stereocenters. The molecule has 0 spiro atoms. The van der Waals surface area contributed by atoms with Crippen LogP contribution in [0.5, 0.6) is 11.6 Å². The molecule has 0 saturated heterocycles. The third-order valence-electron chi connectivity index (χ3n) is 2.88. The summed E-state index contributed by atoms with van der Waals surface area (Å²) < 4.78 is 32.4. The van der Waals surface area contributed by atoms with E-state index in [4.69, 9.17) is 10.5 Å². The van der Waals surface area contributed by atoms with E-state index in [0.29, 0.717) is 5.75 Å². The van der Waals surface area contributed by atoms with Crippen LogP contribution in [0.25, 0.3) is 0 Å². The Kier molecular flexibility index (Phi) is 3.96. The first kappa shape index (κ1) is 14.6. The van der Waals surface area contributed by atoms with Gasteiger partial charge in [-0.2, -0.15) is 4.98 Å². The van der Waals surface area contributed by atoms with Crippen LogP contribution in [0.1, 0.15) is 0 Å². The Morgan fingerprint density at radius 1 is 1.13 bits per heavy atom. The third kappa shape index (κ3) is 3.31. The summed E-state index contributed by atoms with van der Waals surface area (Å²) in [6, 6.07) is 6.38. The summed E-state index contributed by atoms with van der Waals surface area (Å²) in [7, 11) is 0. The first-order valence-corrected chi connectivity index (χ1v) is 6.54. The van der Waals surface area contributed by atoms with Crippen molar-refractivity contribution < 1.29 is 13.5 Å². The SMILES string of the molecule is Nc1c(Nc2cc(F)ccc2F)ncnc1Oc1cccnc1. The zero-order valence-electron chi connectivity index (χ0n) is 11.7. The van der Waals surface area contributed by atoms with Gasteiger partial charge in [0.2, 0.25) is 5.88 Å². The van der Waals surface area contributed by atoms with Crippen LogP contribution in [0.15, 0.2) is 49.1 Å². The van der Waals surface area contributed by atoms with Gasteiger partial charge in [0, 0.05) is 12.3 Å². The lowest BCUT2D eigenvalue weighted by Gasteiger charge is -2.12. The Bertz CT molecular complexity index is 829. The Labute approximate surface area is 130 Å². The number of rotatable bonds is 4. The summed E-state index contributed by atoms with van der Waals surface area (Å²) in [4.78, 5) is 11.7. The lowest BCUT2D eigenvalue weighted by molar-refractivity contribution is 0.462. The normalized spacial score (nSPS) is 10.3. The van der Waals surface area contributed by atoms with Crippen molar-refractivity contribution in [3.8, 4) is 11.6 Å². The van der Waals surface area contributed by atoms with Crippen molar-refractivity contribution in [1.29, 1.82) is 0 Å². The lowest BCUT2D eigenvalue weighted by Crippen LogP contribution is -2.04. The van der Waals surface area contributed by atoms with E-state index in [9.17, 15) is 8.78 Å². The van der Waals surface area contributed by atoms with Gasteiger partial charge in [0.25, 0.3) is 0 Å². The maximum atomic E-state index is 13.7. The molecule has 116 valence electrons. The molecule has 2 aromatic heterocycles. The highest BCUT2D eigenvalue weighted by atomic mass is 19.1. The second-order valence-corrected chi connectivity index (χ2v) is 4.48. The van der Waals surface area contributed by atoms with Crippen molar-refractivity contribution >= 4 is 17.2 Å². The van der Waals surface area contributed by atoms with Gasteiger partial charge in [-0.3, -0.25) is 4.98 Å². The van der Waals surface area contributed by atoms with Gasteiger partial charge in [0.15, 0.2) is 5.82 Å². The largest absolute Gasteiger partial charge is 0.435 e.